The first-order valence-corrected chi connectivity index (χ1v) is 10.1. The van der Waals surface area contributed by atoms with E-state index < -0.39 is 36.6 Å². The summed E-state index contributed by atoms with van der Waals surface area (Å²) in [5.74, 6) is -1.90. The third-order valence-corrected chi connectivity index (χ3v) is 5.04. The number of carbonyl (C=O) groups is 2. The number of alkyl halides is 3. The third kappa shape index (κ3) is 6.98. The van der Waals surface area contributed by atoms with E-state index in [1.165, 1.54) is 17.5 Å². The molecule has 0 aliphatic carbocycles. The number of thiazole rings is 1. The van der Waals surface area contributed by atoms with Gasteiger partial charge in [-0.3, -0.25) is 4.79 Å². The summed E-state index contributed by atoms with van der Waals surface area (Å²) >= 11 is 1.11. The van der Waals surface area contributed by atoms with Crippen LogP contribution in [0.5, 0.6) is 11.5 Å². The van der Waals surface area contributed by atoms with Crippen LogP contribution >= 0.6 is 11.3 Å². The zero-order valence-corrected chi connectivity index (χ0v) is 17.2. The lowest BCUT2D eigenvalue weighted by Gasteiger charge is -2.17. The predicted octanol–water partition coefficient (Wildman–Crippen LogP) is 4.22. The van der Waals surface area contributed by atoms with Crippen LogP contribution in [0.4, 0.5) is 13.2 Å². The molecule has 0 spiro atoms. The summed E-state index contributed by atoms with van der Waals surface area (Å²) in [6.45, 7) is -0.401. The molecule has 2 N–H and O–H groups in total. The summed E-state index contributed by atoms with van der Waals surface area (Å²) in [6.07, 6.45) is -4.42. The van der Waals surface area contributed by atoms with Crippen LogP contribution < -0.4 is 14.8 Å². The Kier molecular flexibility index (Phi) is 7.31. The van der Waals surface area contributed by atoms with Gasteiger partial charge in [0.2, 0.25) is 0 Å². The normalized spacial score (nSPS) is 12.1. The van der Waals surface area contributed by atoms with E-state index in [-0.39, 0.29) is 11.4 Å². The highest BCUT2D eigenvalue weighted by atomic mass is 32.1. The van der Waals surface area contributed by atoms with Gasteiger partial charge in [-0.2, -0.15) is 0 Å². The fourth-order valence-corrected chi connectivity index (χ4v) is 3.56. The molecule has 1 atom stereocenters. The minimum absolute atomic E-state index is 0.116. The molecule has 3 aromatic rings. The number of aromatic carboxylic acids is 1. The molecule has 1 unspecified atom stereocenters. The van der Waals surface area contributed by atoms with E-state index in [4.69, 9.17) is 9.84 Å². The molecular weight excluding hydrogens is 449 g/mol. The summed E-state index contributed by atoms with van der Waals surface area (Å²) in [6, 6.07) is 13.3. The molecule has 0 fully saturated rings. The van der Waals surface area contributed by atoms with Crippen molar-refractivity contribution >= 4 is 23.2 Å². The molecule has 1 amide bonds. The molecule has 168 valence electrons. The smallest absolute Gasteiger partial charge is 0.484 e. The lowest BCUT2D eigenvalue weighted by molar-refractivity contribution is -0.274. The Morgan fingerprint density at radius 1 is 1.06 bits per heavy atom. The molecule has 0 bridgehead atoms. The average molecular weight is 466 g/mol. The monoisotopic (exact) mass is 466 g/mol. The van der Waals surface area contributed by atoms with Crippen LogP contribution in [0.1, 0.15) is 27.1 Å². The minimum atomic E-state index is -4.80. The number of hydrogen-bond donors (Lipinski definition) is 2. The lowest BCUT2D eigenvalue weighted by Crippen LogP contribution is -2.33. The van der Waals surface area contributed by atoms with E-state index in [1.807, 2.05) is 30.3 Å². The van der Waals surface area contributed by atoms with E-state index in [0.29, 0.717) is 11.4 Å². The number of amides is 1. The Balaban J connectivity index is 1.63. The second-order valence-electron chi connectivity index (χ2n) is 6.49. The maximum absolute atomic E-state index is 12.4. The number of carboxylic acids is 1. The van der Waals surface area contributed by atoms with E-state index in [9.17, 15) is 22.8 Å². The Labute approximate surface area is 184 Å². The number of aromatic nitrogens is 1. The fraction of sp³-hybridized carbons (Fsp3) is 0.190. The van der Waals surface area contributed by atoms with Gasteiger partial charge < -0.3 is 19.9 Å². The van der Waals surface area contributed by atoms with Gasteiger partial charge in [-0.15, -0.1) is 24.5 Å². The van der Waals surface area contributed by atoms with Crippen molar-refractivity contribution in [3.05, 3.63) is 76.2 Å². The Morgan fingerprint density at radius 2 is 1.72 bits per heavy atom. The van der Waals surface area contributed by atoms with E-state index >= 15 is 0 Å². The molecule has 0 saturated heterocycles. The standard InChI is InChI=1S/C21H17F3N2O5S/c22-21(23,24)31-15-8-6-14(7-9-15)30-11-18(27)25-16(10-13-4-2-1-3-5-13)19-26-17(12-32-19)20(28)29/h1-9,12,16H,10-11H2,(H,25,27)(H,28,29). The molecule has 0 aliphatic rings. The summed E-state index contributed by atoms with van der Waals surface area (Å²) < 4.78 is 45.7. The molecule has 7 nitrogen and oxygen atoms in total. The van der Waals surface area contributed by atoms with Gasteiger partial charge in [0.05, 0.1) is 6.04 Å². The van der Waals surface area contributed by atoms with Gasteiger partial charge >= 0.3 is 12.3 Å². The number of benzene rings is 2. The van der Waals surface area contributed by atoms with Crippen LogP contribution in [-0.2, 0) is 11.2 Å². The van der Waals surface area contributed by atoms with Gasteiger partial charge in [0.25, 0.3) is 5.91 Å². The van der Waals surface area contributed by atoms with Crippen molar-refractivity contribution in [3.63, 3.8) is 0 Å². The highest BCUT2D eigenvalue weighted by Crippen LogP contribution is 2.25. The zero-order valence-electron chi connectivity index (χ0n) is 16.3. The quantitative estimate of drug-likeness (QED) is 0.490. The second kappa shape index (κ2) is 10.1. The number of rotatable bonds is 9. The Bertz CT molecular complexity index is 1060. The SMILES string of the molecule is O=C(COc1ccc(OC(F)(F)F)cc1)NC(Cc1ccccc1)c1nc(C(=O)O)cs1. The van der Waals surface area contributed by atoms with Crippen molar-refractivity contribution in [3.8, 4) is 11.5 Å². The fourth-order valence-electron chi connectivity index (χ4n) is 2.72. The Morgan fingerprint density at radius 3 is 2.31 bits per heavy atom. The van der Waals surface area contributed by atoms with Crippen LogP contribution in [0.2, 0.25) is 0 Å². The maximum atomic E-state index is 12.4. The largest absolute Gasteiger partial charge is 0.573 e. The van der Waals surface area contributed by atoms with Crippen LogP contribution in [0.25, 0.3) is 0 Å². The van der Waals surface area contributed by atoms with Crippen molar-refractivity contribution in [1.29, 1.82) is 0 Å². The molecular formula is C21H17F3N2O5S. The van der Waals surface area contributed by atoms with Crippen molar-refractivity contribution in [2.24, 2.45) is 0 Å². The summed E-state index contributed by atoms with van der Waals surface area (Å²) in [5.41, 5.74) is 0.792. The molecule has 3 rings (SSSR count). The average Bonchev–Trinajstić information content (AvgIpc) is 3.23. The zero-order chi connectivity index (χ0) is 23.1. The van der Waals surface area contributed by atoms with Gasteiger partial charge in [0, 0.05) is 5.38 Å². The highest BCUT2D eigenvalue weighted by Gasteiger charge is 2.31. The van der Waals surface area contributed by atoms with Crippen molar-refractivity contribution in [2.45, 2.75) is 18.8 Å². The van der Waals surface area contributed by atoms with Gasteiger partial charge in [-0.1, -0.05) is 30.3 Å². The molecule has 1 heterocycles. The number of nitrogens with one attached hydrogen (secondary N) is 1. The number of carbonyl (C=O) groups excluding carboxylic acids is 1. The first kappa shape index (κ1) is 23.1. The maximum Gasteiger partial charge on any atom is 0.573 e. The van der Waals surface area contributed by atoms with Gasteiger partial charge in [-0.05, 0) is 36.2 Å². The predicted molar refractivity (Wildman–Crippen MR) is 109 cm³/mol. The number of hydrogen-bond acceptors (Lipinski definition) is 6. The summed E-state index contributed by atoms with van der Waals surface area (Å²) in [5, 5.41) is 13.7. The number of nitrogens with zero attached hydrogens (tertiary/aromatic N) is 1. The van der Waals surface area contributed by atoms with Crippen LogP contribution in [0.3, 0.4) is 0 Å². The van der Waals surface area contributed by atoms with E-state index in [0.717, 1.165) is 29.0 Å². The Hall–Kier alpha value is -3.60. The summed E-state index contributed by atoms with van der Waals surface area (Å²) in [7, 11) is 0. The topological polar surface area (TPSA) is 97.8 Å². The minimum Gasteiger partial charge on any atom is -0.484 e. The van der Waals surface area contributed by atoms with Crippen LogP contribution in [-0.4, -0.2) is 34.9 Å². The van der Waals surface area contributed by atoms with Crippen molar-refractivity contribution in [2.75, 3.05) is 6.61 Å². The molecule has 0 radical (unpaired) electrons. The highest BCUT2D eigenvalue weighted by molar-refractivity contribution is 7.09. The van der Waals surface area contributed by atoms with Crippen molar-refractivity contribution < 1.29 is 37.3 Å². The molecule has 32 heavy (non-hydrogen) atoms. The van der Waals surface area contributed by atoms with Crippen molar-refractivity contribution in [1.82, 2.24) is 10.3 Å². The molecule has 2 aromatic carbocycles. The number of carboxylic acid groups (broad SMARTS) is 1. The van der Waals surface area contributed by atoms with Gasteiger partial charge in [0.15, 0.2) is 12.3 Å². The first-order chi connectivity index (χ1) is 15.2. The second-order valence-corrected chi connectivity index (χ2v) is 7.38. The number of ether oxygens (including phenoxy) is 2. The van der Waals surface area contributed by atoms with E-state index in [1.54, 1.807) is 0 Å². The molecule has 11 heteroatoms. The molecule has 1 aromatic heterocycles. The van der Waals surface area contributed by atoms with Crippen LogP contribution in [0.15, 0.2) is 60.0 Å². The first-order valence-electron chi connectivity index (χ1n) is 9.20. The van der Waals surface area contributed by atoms with E-state index in [2.05, 4.69) is 15.0 Å². The third-order valence-electron chi connectivity index (χ3n) is 4.08. The van der Waals surface area contributed by atoms with Gasteiger partial charge in [-0.25, -0.2) is 9.78 Å². The number of halogens is 3. The van der Waals surface area contributed by atoms with Gasteiger partial charge in [0.1, 0.15) is 16.5 Å². The lowest BCUT2D eigenvalue weighted by atomic mass is 10.1. The summed E-state index contributed by atoms with van der Waals surface area (Å²) in [4.78, 5) is 27.7. The van der Waals surface area contributed by atoms with Crippen LogP contribution in [0, 0.1) is 0 Å². The molecule has 0 aliphatic heterocycles. The molecule has 0 saturated carbocycles.